The van der Waals surface area contributed by atoms with Crippen LogP contribution in [0.1, 0.15) is 38.3 Å². The molecule has 0 spiro atoms. The van der Waals surface area contributed by atoms with E-state index in [2.05, 4.69) is 11.4 Å². The number of nitrogens with one attached hydrogen (secondary N) is 1. The highest BCUT2D eigenvalue weighted by Crippen LogP contribution is 2.20. The van der Waals surface area contributed by atoms with Crippen LogP contribution in [-0.2, 0) is 4.79 Å². The van der Waals surface area contributed by atoms with Gasteiger partial charge in [-0.05, 0) is 81.6 Å². The van der Waals surface area contributed by atoms with Crippen molar-refractivity contribution in [3.8, 4) is 11.5 Å². The third kappa shape index (κ3) is 5.82. The number of aryl methyl sites for hydroxylation is 2. The van der Waals surface area contributed by atoms with Crippen molar-refractivity contribution in [2.24, 2.45) is 0 Å². The average molecular weight is 341 g/mol. The molecule has 0 aliphatic heterocycles. The third-order valence-corrected chi connectivity index (χ3v) is 3.63. The summed E-state index contributed by atoms with van der Waals surface area (Å²) in [5, 5.41) is 2.90. The molecule has 0 aliphatic rings. The fourth-order valence-electron chi connectivity index (χ4n) is 2.60. The molecule has 25 heavy (non-hydrogen) atoms. The van der Waals surface area contributed by atoms with Crippen molar-refractivity contribution in [1.29, 1.82) is 0 Å². The molecule has 2 rings (SSSR count). The van der Waals surface area contributed by atoms with Gasteiger partial charge in [0.1, 0.15) is 11.5 Å². The summed E-state index contributed by atoms with van der Waals surface area (Å²) in [5.74, 6) is 1.35. The van der Waals surface area contributed by atoms with Crippen molar-refractivity contribution in [3.63, 3.8) is 0 Å². The third-order valence-electron chi connectivity index (χ3n) is 3.63. The van der Waals surface area contributed by atoms with Gasteiger partial charge in [-0.1, -0.05) is 13.0 Å². The van der Waals surface area contributed by atoms with Crippen LogP contribution in [0, 0.1) is 13.8 Å². The van der Waals surface area contributed by atoms with Gasteiger partial charge in [-0.25, -0.2) is 0 Å². The van der Waals surface area contributed by atoms with E-state index in [1.54, 1.807) is 0 Å². The predicted molar refractivity (Wildman–Crippen MR) is 101 cm³/mol. The summed E-state index contributed by atoms with van der Waals surface area (Å²) >= 11 is 0. The summed E-state index contributed by atoms with van der Waals surface area (Å²) in [6.45, 7) is 9.92. The van der Waals surface area contributed by atoms with E-state index in [0.29, 0.717) is 6.42 Å². The highest BCUT2D eigenvalue weighted by atomic mass is 16.5. The second kappa shape index (κ2) is 8.56. The number of carbonyl (C=O) groups is 1. The largest absolute Gasteiger partial charge is 0.491 e. The second-order valence-corrected chi connectivity index (χ2v) is 6.52. The van der Waals surface area contributed by atoms with E-state index in [9.17, 15) is 4.79 Å². The minimum absolute atomic E-state index is 0.121. The molecule has 4 heteroatoms. The molecule has 2 aromatic rings. The van der Waals surface area contributed by atoms with Crippen LogP contribution >= 0.6 is 0 Å². The quantitative estimate of drug-likeness (QED) is 0.780. The molecule has 0 aromatic heterocycles. The fourth-order valence-corrected chi connectivity index (χ4v) is 2.60. The molecule has 1 N–H and O–H groups in total. The summed E-state index contributed by atoms with van der Waals surface area (Å²) in [4.78, 5) is 12.5. The minimum Gasteiger partial charge on any atom is -0.491 e. The highest BCUT2D eigenvalue weighted by molar-refractivity contribution is 5.94. The highest BCUT2D eigenvalue weighted by Gasteiger charge is 2.19. The summed E-state index contributed by atoms with van der Waals surface area (Å²) < 4.78 is 11.5. The fraction of sp³-hybridized carbons (Fsp3) is 0.381. The molecular formula is C21H27NO3. The number of carbonyl (C=O) groups excluding carboxylic acids is 1. The molecular weight excluding hydrogens is 314 g/mol. The monoisotopic (exact) mass is 341 g/mol. The van der Waals surface area contributed by atoms with E-state index in [1.165, 1.54) is 0 Å². The molecule has 134 valence electrons. The van der Waals surface area contributed by atoms with E-state index in [4.69, 9.17) is 9.47 Å². The van der Waals surface area contributed by atoms with Crippen molar-refractivity contribution < 1.29 is 14.3 Å². The van der Waals surface area contributed by atoms with Crippen LogP contribution in [0.15, 0.2) is 42.5 Å². The summed E-state index contributed by atoms with van der Waals surface area (Å²) in [5.41, 5.74) is 2.96. The van der Waals surface area contributed by atoms with Crippen LogP contribution in [0.4, 0.5) is 5.69 Å². The Morgan fingerprint density at radius 2 is 1.56 bits per heavy atom. The van der Waals surface area contributed by atoms with Crippen LogP contribution in [0.25, 0.3) is 0 Å². The lowest BCUT2D eigenvalue weighted by Crippen LogP contribution is -2.32. The maximum atomic E-state index is 12.5. The van der Waals surface area contributed by atoms with E-state index >= 15 is 0 Å². The van der Waals surface area contributed by atoms with Crippen LogP contribution in [-0.4, -0.2) is 18.1 Å². The molecule has 0 unspecified atom stereocenters. The summed E-state index contributed by atoms with van der Waals surface area (Å²) in [7, 11) is 0. The van der Waals surface area contributed by atoms with Gasteiger partial charge in [0.05, 0.1) is 6.10 Å². The van der Waals surface area contributed by atoms with Gasteiger partial charge in [0, 0.05) is 5.69 Å². The number of amides is 1. The van der Waals surface area contributed by atoms with Gasteiger partial charge in [-0.2, -0.15) is 0 Å². The second-order valence-electron chi connectivity index (χ2n) is 6.52. The van der Waals surface area contributed by atoms with Gasteiger partial charge in [-0.15, -0.1) is 0 Å². The topological polar surface area (TPSA) is 47.6 Å². The zero-order valence-corrected chi connectivity index (χ0v) is 15.6. The van der Waals surface area contributed by atoms with E-state index in [-0.39, 0.29) is 12.0 Å². The number of rotatable bonds is 7. The molecule has 0 saturated heterocycles. The van der Waals surface area contributed by atoms with Gasteiger partial charge in [0.25, 0.3) is 5.91 Å². The molecule has 0 bridgehead atoms. The smallest absolute Gasteiger partial charge is 0.265 e. The Balaban J connectivity index is 2.01. The molecule has 2 aromatic carbocycles. The Kier molecular flexibility index (Phi) is 6.45. The Morgan fingerprint density at radius 1 is 0.960 bits per heavy atom. The number of hydrogen-bond acceptors (Lipinski definition) is 3. The minimum atomic E-state index is -0.534. The van der Waals surface area contributed by atoms with Gasteiger partial charge >= 0.3 is 0 Å². The predicted octanol–water partition coefficient (Wildman–Crippen LogP) is 4.89. The zero-order valence-electron chi connectivity index (χ0n) is 15.6. The van der Waals surface area contributed by atoms with Gasteiger partial charge in [-0.3, -0.25) is 4.79 Å². The van der Waals surface area contributed by atoms with Gasteiger partial charge in [0.2, 0.25) is 0 Å². The Morgan fingerprint density at radius 3 is 2.08 bits per heavy atom. The van der Waals surface area contributed by atoms with Crippen molar-refractivity contribution in [3.05, 3.63) is 53.6 Å². The molecule has 1 atom stereocenters. The van der Waals surface area contributed by atoms with Crippen molar-refractivity contribution in [2.75, 3.05) is 5.32 Å². The van der Waals surface area contributed by atoms with Crippen LogP contribution in [0.5, 0.6) is 11.5 Å². The Bertz CT molecular complexity index is 687. The first-order valence-electron chi connectivity index (χ1n) is 8.70. The average Bonchev–Trinajstić information content (AvgIpc) is 2.53. The van der Waals surface area contributed by atoms with Crippen molar-refractivity contribution in [2.45, 2.75) is 53.2 Å². The molecule has 0 aliphatic carbocycles. The van der Waals surface area contributed by atoms with Gasteiger partial charge in [0.15, 0.2) is 6.10 Å². The molecule has 0 fully saturated rings. The van der Waals surface area contributed by atoms with Crippen molar-refractivity contribution >= 4 is 11.6 Å². The Labute approximate surface area is 150 Å². The lowest BCUT2D eigenvalue weighted by atomic mass is 10.1. The first-order chi connectivity index (χ1) is 11.9. The van der Waals surface area contributed by atoms with Crippen LogP contribution in [0.3, 0.4) is 0 Å². The zero-order chi connectivity index (χ0) is 18.4. The van der Waals surface area contributed by atoms with Crippen molar-refractivity contribution in [1.82, 2.24) is 0 Å². The lowest BCUT2D eigenvalue weighted by molar-refractivity contribution is -0.122. The first-order valence-corrected chi connectivity index (χ1v) is 8.70. The molecule has 1 amide bonds. The molecule has 4 nitrogen and oxygen atoms in total. The Hall–Kier alpha value is -2.49. The number of anilines is 1. The van der Waals surface area contributed by atoms with E-state index < -0.39 is 6.10 Å². The van der Waals surface area contributed by atoms with Crippen LogP contribution < -0.4 is 14.8 Å². The number of hydrogen-bond donors (Lipinski definition) is 1. The first kappa shape index (κ1) is 18.8. The van der Waals surface area contributed by atoms with Gasteiger partial charge < -0.3 is 14.8 Å². The maximum absolute atomic E-state index is 12.5. The summed E-state index contributed by atoms with van der Waals surface area (Å²) in [6, 6.07) is 13.3. The molecule has 0 heterocycles. The summed E-state index contributed by atoms with van der Waals surface area (Å²) in [6.07, 6.45) is 0.178. The number of ether oxygens (including phenoxy) is 2. The lowest BCUT2D eigenvalue weighted by Gasteiger charge is -2.18. The normalized spacial score (nSPS) is 11.9. The van der Waals surface area contributed by atoms with E-state index in [1.807, 2.05) is 71.0 Å². The van der Waals surface area contributed by atoms with E-state index in [0.717, 1.165) is 28.3 Å². The SMILES string of the molecule is CC[C@H](Oc1cc(C)cc(C)c1)C(=O)Nc1ccc(OC(C)C)cc1. The molecule has 0 saturated carbocycles. The number of benzene rings is 2. The maximum Gasteiger partial charge on any atom is 0.265 e. The standard InChI is InChI=1S/C21H27NO3/c1-6-20(25-19-12-15(4)11-16(5)13-19)21(23)22-17-7-9-18(10-8-17)24-14(2)3/h7-14,20H,6H2,1-5H3,(H,22,23)/t20-/m0/s1. The van der Waals surface area contributed by atoms with Crippen LogP contribution in [0.2, 0.25) is 0 Å². The molecule has 0 radical (unpaired) electrons.